The molecule has 0 aromatic heterocycles. The second kappa shape index (κ2) is 8.84. The van der Waals surface area contributed by atoms with Crippen molar-refractivity contribution in [3.8, 4) is 5.75 Å². The maximum atomic E-state index is 12.5. The SMILES string of the molecule is COCCOc1ccc(S(=O)(=O)NC2(CN)CCCC2)cc1.Cl. The Morgan fingerprint density at radius 3 is 2.30 bits per heavy atom. The molecule has 1 aliphatic carbocycles. The Kier molecular flexibility index (Phi) is 7.76. The minimum absolute atomic E-state index is 0. The van der Waals surface area contributed by atoms with E-state index in [1.165, 1.54) is 0 Å². The molecule has 132 valence electrons. The van der Waals surface area contributed by atoms with E-state index in [0.29, 0.717) is 25.5 Å². The first-order chi connectivity index (χ1) is 10.5. The highest BCUT2D eigenvalue weighted by Crippen LogP contribution is 2.30. The Hall–Kier alpha value is -0.860. The van der Waals surface area contributed by atoms with Gasteiger partial charge in [0.25, 0.3) is 0 Å². The number of benzene rings is 1. The van der Waals surface area contributed by atoms with Crippen molar-refractivity contribution in [2.45, 2.75) is 36.1 Å². The number of hydrogen-bond donors (Lipinski definition) is 2. The van der Waals surface area contributed by atoms with Crippen LogP contribution in [0.25, 0.3) is 0 Å². The van der Waals surface area contributed by atoms with Gasteiger partial charge in [0, 0.05) is 19.2 Å². The van der Waals surface area contributed by atoms with Crippen LogP contribution in [0, 0.1) is 0 Å². The molecule has 0 spiro atoms. The molecule has 1 aromatic carbocycles. The van der Waals surface area contributed by atoms with Crippen molar-refractivity contribution in [3.05, 3.63) is 24.3 Å². The van der Waals surface area contributed by atoms with E-state index in [1.807, 2.05) is 0 Å². The first kappa shape index (κ1) is 20.2. The van der Waals surface area contributed by atoms with E-state index in [0.717, 1.165) is 25.7 Å². The molecule has 0 atom stereocenters. The zero-order valence-corrected chi connectivity index (χ0v) is 14.9. The van der Waals surface area contributed by atoms with Crippen LogP contribution in [0.5, 0.6) is 5.75 Å². The summed E-state index contributed by atoms with van der Waals surface area (Å²) < 4.78 is 38.1. The number of ether oxygens (including phenoxy) is 2. The zero-order valence-electron chi connectivity index (χ0n) is 13.3. The molecule has 23 heavy (non-hydrogen) atoms. The third-order valence-electron chi connectivity index (χ3n) is 3.99. The molecule has 1 saturated carbocycles. The van der Waals surface area contributed by atoms with Gasteiger partial charge >= 0.3 is 0 Å². The summed E-state index contributed by atoms with van der Waals surface area (Å²) in [6.07, 6.45) is 3.60. The van der Waals surface area contributed by atoms with E-state index >= 15 is 0 Å². The second-order valence-corrected chi connectivity index (χ2v) is 7.29. The topological polar surface area (TPSA) is 90.6 Å². The summed E-state index contributed by atoms with van der Waals surface area (Å²) >= 11 is 0. The average Bonchev–Trinajstić information content (AvgIpc) is 2.96. The molecule has 0 amide bonds. The Morgan fingerprint density at radius 2 is 1.78 bits per heavy atom. The van der Waals surface area contributed by atoms with Crippen molar-refractivity contribution in [2.24, 2.45) is 5.73 Å². The summed E-state index contributed by atoms with van der Waals surface area (Å²) in [4.78, 5) is 0.228. The molecule has 3 N–H and O–H groups in total. The molecule has 0 saturated heterocycles. The first-order valence-corrected chi connectivity index (χ1v) is 8.95. The van der Waals surface area contributed by atoms with Crippen molar-refractivity contribution in [1.82, 2.24) is 4.72 Å². The van der Waals surface area contributed by atoms with Gasteiger partial charge in [-0.05, 0) is 37.1 Å². The monoisotopic (exact) mass is 364 g/mol. The maximum Gasteiger partial charge on any atom is 0.241 e. The standard InChI is InChI=1S/C15H24N2O4S.ClH/c1-20-10-11-21-13-4-6-14(7-5-13)22(18,19)17-15(12-16)8-2-3-9-15;/h4-7,17H,2-3,8-12,16H2,1H3;1H. The summed E-state index contributed by atoms with van der Waals surface area (Å²) in [5, 5.41) is 0. The van der Waals surface area contributed by atoms with Crippen LogP contribution in [0.2, 0.25) is 0 Å². The predicted octanol–water partition coefficient (Wildman–Crippen LogP) is 1.68. The van der Waals surface area contributed by atoms with Gasteiger partial charge < -0.3 is 15.2 Å². The fraction of sp³-hybridized carbons (Fsp3) is 0.600. The smallest absolute Gasteiger partial charge is 0.241 e. The van der Waals surface area contributed by atoms with Crippen LogP contribution < -0.4 is 15.2 Å². The lowest BCUT2D eigenvalue weighted by Crippen LogP contribution is -2.51. The van der Waals surface area contributed by atoms with Crippen molar-refractivity contribution in [3.63, 3.8) is 0 Å². The lowest BCUT2D eigenvalue weighted by Gasteiger charge is -2.28. The Balaban J connectivity index is 0.00000264. The second-order valence-electron chi connectivity index (χ2n) is 5.61. The molecule has 1 aromatic rings. The van der Waals surface area contributed by atoms with Crippen molar-refractivity contribution >= 4 is 22.4 Å². The molecule has 0 heterocycles. The summed E-state index contributed by atoms with van der Waals surface area (Å²) in [6, 6.07) is 6.38. The van der Waals surface area contributed by atoms with Crippen LogP contribution in [0.4, 0.5) is 0 Å². The van der Waals surface area contributed by atoms with Gasteiger partial charge in [0.15, 0.2) is 0 Å². The van der Waals surface area contributed by atoms with Crippen LogP contribution in [0.3, 0.4) is 0 Å². The number of nitrogens with one attached hydrogen (secondary N) is 1. The quantitative estimate of drug-likeness (QED) is 0.685. The van der Waals surface area contributed by atoms with E-state index in [2.05, 4.69) is 4.72 Å². The normalized spacial score (nSPS) is 16.8. The predicted molar refractivity (Wildman–Crippen MR) is 91.6 cm³/mol. The number of halogens is 1. The van der Waals surface area contributed by atoms with Gasteiger partial charge in [-0.1, -0.05) is 12.8 Å². The van der Waals surface area contributed by atoms with Gasteiger partial charge in [-0.3, -0.25) is 0 Å². The molecule has 1 aliphatic rings. The molecule has 6 nitrogen and oxygen atoms in total. The average molecular weight is 365 g/mol. The molecule has 0 radical (unpaired) electrons. The van der Waals surface area contributed by atoms with Crippen LogP contribution in [0.15, 0.2) is 29.2 Å². The molecule has 0 unspecified atom stereocenters. The van der Waals surface area contributed by atoms with Crippen LogP contribution in [-0.2, 0) is 14.8 Å². The van der Waals surface area contributed by atoms with Crippen molar-refractivity contribution in [2.75, 3.05) is 26.9 Å². The van der Waals surface area contributed by atoms with Gasteiger partial charge in [0.05, 0.1) is 11.5 Å². The molecule has 8 heteroatoms. The largest absolute Gasteiger partial charge is 0.491 e. The van der Waals surface area contributed by atoms with E-state index in [-0.39, 0.29) is 17.3 Å². The first-order valence-electron chi connectivity index (χ1n) is 7.47. The van der Waals surface area contributed by atoms with Crippen LogP contribution in [-0.4, -0.2) is 40.8 Å². The Morgan fingerprint density at radius 1 is 1.17 bits per heavy atom. The molecule has 0 bridgehead atoms. The van der Waals surface area contributed by atoms with Gasteiger partial charge in [0.1, 0.15) is 12.4 Å². The molecular formula is C15H25ClN2O4S. The highest BCUT2D eigenvalue weighted by Gasteiger charge is 2.36. The fourth-order valence-corrected chi connectivity index (χ4v) is 4.17. The molecule has 1 fully saturated rings. The van der Waals surface area contributed by atoms with Gasteiger partial charge in [-0.15, -0.1) is 12.4 Å². The fourth-order valence-electron chi connectivity index (χ4n) is 2.70. The van der Waals surface area contributed by atoms with E-state index in [4.69, 9.17) is 15.2 Å². The van der Waals surface area contributed by atoms with E-state index in [9.17, 15) is 8.42 Å². The molecular weight excluding hydrogens is 340 g/mol. The number of sulfonamides is 1. The summed E-state index contributed by atoms with van der Waals surface area (Å²) in [5.74, 6) is 0.616. The zero-order chi connectivity index (χ0) is 16.1. The maximum absolute atomic E-state index is 12.5. The number of nitrogens with two attached hydrogens (primary N) is 1. The lowest BCUT2D eigenvalue weighted by molar-refractivity contribution is 0.146. The molecule has 0 aliphatic heterocycles. The Bertz CT molecular complexity index is 572. The summed E-state index contributed by atoms with van der Waals surface area (Å²) in [7, 11) is -1.97. The van der Waals surface area contributed by atoms with Gasteiger partial charge in [0.2, 0.25) is 10.0 Å². The highest BCUT2D eigenvalue weighted by molar-refractivity contribution is 7.89. The van der Waals surface area contributed by atoms with E-state index < -0.39 is 15.6 Å². The third-order valence-corrected chi connectivity index (χ3v) is 5.59. The summed E-state index contributed by atoms with van der Waals surface area (Å²) in [6.45, 7) is 1.24. The van der Waals surface area contributed by atoms with Crippen molar-refractivity contribution < 1.29 is 17.9 Å². The summed E-state index contributed by atoms with van der Waals surface area (Å²) in [5.41, 5.74) is 5.29. The van der Waals surface area contributed by atoms with E-state index in [1.54, 1.807) is 31.4 Å². The number of rotatable bonds is 8. The van der Waals surface area contributed by atoms with Crippen molar-refractivity contribution in [1.29, 1.82) is 0 Å². The Labute approximate surface area is 144 Å². The minimum atomic E-state index is -3.57. The third kappa shape index (κ3) is 5.32. The lowest BCUT2D eigenvalue weighted by atomic mass is 10.0. The molecule has 2 rings (SSSR count). The number of hydrogen-bond acceptors (Lipinski definition) is 5. The highest BCUT2D eigenvalue weighted by atomic mass is 35.5. The van der Waals surface area contributed by atoms with Gasteiger partial charge in [-0.2, -0.15) is 0 Å². The minimum Gasteiger partial charge on any atom is -0.491 e. The van der Waals surface area contributed by atoms with Gasteiger partial charge in [-0.25, -0.2) is 13.1 Å². The van der Waals surface area contributed by atoms with Crippen LogP contribution in [0.1, 0.15) is 25.7 Å². The van der Waals surface area contributed by atoms with Crippen LogP contribution >= 0.6 is 12.4 Å². The number of methoxy groups -OCH3 is 1.